The van der Waals surface area contributed by atoms with Gasteiger partial charge in [-0.25, -0.2) is 0 Å². The zero-order valence-corrected chi connectivity index (χ0v) is 11.8. The predicted octanol–water partition coefficient (Wildman–Crippen LogP) is 2.48. The number of aryl methyl sites for hydroxylation is 1. The fourth-order valence-corrected chi connectivity index (χ4v) is 2.57. The number of nitrogens with two attached hydrogens (primary N) is 1. The molecule has 1 aliphatic rings. The highest BCUT2D eigenvalue weighted by Crippen LogP contribution is 2.32. The van der Waals surface area contributed by atoms with Crippen molar-refractivity contribution < 1.29 is 9.26 Å². The van der Waals surface area contributed by atoms with Crippen molar-refractivity contribution in [3.8, 4) is 17.1 Å². The molecule has 1 heterocycles. The van der Waals surface area contributed by atoms with Crippen molar-refractivity contribution in [3.05, 3.63) is 29.7 Å². The van der Waals surface area contributed by atoms with Gasteiger partial charge in [0.05, 0.1) is 7.11 Å². The number of hydrogen-bond donors (Lipinski definition) is 1. The molecule has 5 nitrogen and oxygen atoms in total. The summed E-state index contributed by atoms with van der Waals surface area (Å²) in [6.07, 6.45) is 3.92. The summed E-state index contributed by atoms with van der Waals surface area (Å²) >= 11 is 0. The van der Waals surface area contributed by atoms with Crippen LogP contribution in [0.1, 0.15) is 30.7 Å². The molecule has 2 N–H and O–H groups in total. The van der Waals surface area contributed by atoms with Gasteiger partial charge in [-0.1, -0.05) is 5.16 Å². The molecule has 0 aliphatic heterocycles. The Morgan fingerprint density at radius 3 is 2.80 bits per heavy atom. The molecule has 2 aromatic rings. The molecule has 5 heteroatoms. The average molecular weight is 273 g/mol. The van der Waals surface area contributed by atoms with Gasteiger partial charge in [0, 0.05) is 17.5 Å². The van der Waals surface area contributed by atoms with Gasteiger partial charge in [-0.2, -0.15) is 4.98 Å². The number of hydrogen-bond acceptors (Lipinski definition) is 5. The second-order valence-corrected chi connectivity index (χ2v) is 5.59. The minimum atomic E-state index is -0.139. The van der Waals surface area contributed by atoms with Gasteiger partial charge < -0.3 is 15.0 Å². The largest absolute Gasteiger partial charge is 0.496 e. The van der Waals surface area contributed by atoms with Crippen LogP contribution in [-0.4, -0.2) is 22.8 Å². The highest BCUT2D eigenvalue weighted by Gasteiger charge is 2.34. The van der Waals surface area contributed by atoms with Gasteiger partial charge in [0.25, 0.3) is 0 Å². The molecule has 0 saturated heterocycles. The number of aromatic nitrogens is 2. The van der Waals surface area contributed by atoms with Crippen LogP contribution in [0.15, 0.2) is 22.7 Å². The van der Waals surface area contributed by atoms with Crippen LogP contribution in [0.3, 0.4) is 0 Å². The van der Waals surface area contributed by atoms with E-state index in [-0.39, 0.29) is 5.54 Å². The van der Waals surface area contributed by atoms with E-state index in [1.807, 2.05) is 25.1 Å². The Balaban J connectivity index is 1.80. The number of methoxy groups -OCH3 is 1. The molecular formula is C15H19N3O2. The van der Waals surface area contributed by atoms with Crippen molar-refractivity contribution in [1.82, 2.24) is 10.1 Å². The van der Waals surface area contributed by atoms with Crippen LogP contribution in [0.5, 0.6) is 5.75 Å². The maximum absolute atomic E-state index is 6.20. The molecule has 1 saturated carbocycles. The topological polar surface area (TPSA) is 74.2 Å². The fourth-order valence-electron chi connectivity index (χ4n) is 2.57. The van der Waals surface area contributed by atoms with E-state index in [0.29, 0.717) is 18.1 Å². The zero-order valence-electron chi connectivity index (χ0n) is 11.8. The van der Waals surface area contributed by atoms with Gasteiger partial charge in [0.2, 0.25) is 11.7 Å². The minimum Gasteiger partial charge on any atom is -0.496 e. The third-order valence-corrected chi connectivity index (χ3v) is 3.97. The smallest absolute Gasteiger partial charge is 0.228 e. The van der Waals surface area contributed by atoms with E-state index in [1.54, 1.807) is 7.11 Å². The van der Waals surface area contributed by atoms with Gasteiger partial charge in [0.15, 0.2) is 0 Å². The lowest BCUT2D eigenvalue weighted by Crippen LogP contribution is -2.48. The summed E-state index contributed by atoms with van der Waals surface area (Å²) in [5.74, 6) is 2.08. The summed E-state index contributed by atoms with van der Waals surface area (Å²) in [6.45, 7) is 1.99. The minimum absolute atomic E-state index is 0.139. The first-order chi connectivity index (χ1) is 9.59. The molecule has 1 aliphatic carbocycles. The molecule has 3 rings (SSSR count). The summed E-state index contributed by atoms with van der Waals surface area (Å²) in [5.41, 5.74) is 8.04. The molecule has 0 spiro atoms. The molecule has 1 aromatic carbocycles. The third kappa shape index (κ3) is 2.41. The van der Waals surface area contributed by atoms with Crippen LogP contribution in [-0.2, 0) is 6.42 Å². The van der Waals surface area contributed by atoms with Crippen molar-refractivity contribution in [1.29, 1.82) is 0 Å². The molecule has 20 heavy (non-hydrogen) atoms. The highest BCUT2D eigenvalue weighted by molar-refractivity contribution is 5.58. The molecule has 0 atom stereocenters. The monoisotopic (exact) mass is 273 g/mol. The molecule has 0 amide bonds. The second kappa shape index (κ2) is 4.90. The Labute approximate surface area is 118 Å². The van der Waals surface area contributed by atoms with Crippen molar-refractivity contribution in [3.63, 3.8) is 0 Å². The Morgan fingerprint density at radius 2 is 2.20 bits per heavy atom. The maximum Gasteiger partial charge on any atom is 0.228 e. The van der Waals surface area contributed by atoms with Crippen molar-refractivity contribution in [2.45, 2.75) is 38.1 Å². The van der Waals surface area contributed by atoms with E-state index in [1.165, 1.54) is 6.42 Å². The van der Waals surface area contributed by atoms with Gasteiger partial charge in [-0.05, 0) is 49.9 Å². The number of ether oxygens (including phenoxy) is 1. The lowest BCUT2D eigenvalue weighted by molar-refractivity contribution is 0.222. The molecule has 0 radical (unpaired) electrons. The number of nitrogens with zero attached hydrogens (tertiary/aromatic N) is 2. The van der Waals surface area contributed by atoms with Gasteiger partial charge in [0.1, 0.15) is 5.75 Å². The van der Waals surface area contributed by atoms with Crippen LogP contribution >= 0.6 is 0 Å². The standard InChI is InChI=1S/C15H19N3O2/c1-10-8-11(4-5-12(10)19-2)14-17-13(20-18-14)9-15(16)6-3-7-15/h4-5,8H,3,6-7,9,16H2,1-2H3. The normalized spacial score (nSPS) is 16.8. The van der Waals surface area contributed by atoms with E-state index in [9.17, 15) is 0 Å². The summed E-state index contributed by atoms with van der Waals surface area (Å²) in [4.78, 5) is 4.45. The molecule has 0 unspecified atom stereocenters. The molecule has 1 fully saturated rings. The molecule has 106 valence electrons. The summed E-state index contributed by atoms with van der Waals surface area (Å²) in [7, 11) is 1.66. The van der Waals surface area contributed by atoms with E-state index in [4.69, 9.17) is 15.0 Å². The maximum atomic E-state index is 6.20. The first-order valence-corrected chi connectivity index (χ1v) is 6.86. The first-order valence-electron chi connectivity index (χ1n) is 6.86. The number of rotatable bonds is 4. The van der Waals surface area contributed by atoms with E-state index < -0.39 is 0 Å². The van der Waals surface area contributed by atoms with Crippen molar-refractivity contribution >= 4 is 0 Å². The van der Waals surface area contributed by atoms with E-state index >= 15 is 0 Å². The van der Waals surface area contributed by atoms with Crippen LogP contribution in [0, 0.1) is 6.92 Å². The Kier molecular flexibility index (Phi) is 3.22. The summed E-state index contributed by atoms with van der Waals surface area (Å²) < 4.78 is 10.6. The molecular weight excluding hydrogens is 254 g/mol. The average Bonchev–Trinajstić information content (AvgIpc) is 2.85. The Hall–Kier alpha value is -1.88. The third-order valence-electron chi connectivity index (χ3n) is 3.97. The fraction of sp³-hybridized carbons (Fsp3) is 0.467. The Bertz CT molecular complexity index is 617. The van der Waals surface area contributed by atoms with Crippen molar-refractivity contribution in [2.24, 2.45) is 5.73 Å². The van der Waals surface area contributed by atoms with E-state index in [0.717, 1.165) is 29.7 Å². The van der Waals surface area contributed by atoms with Crippen LogP contribution in [0.25, 0.3) is 11.4 Å². The molecule has 0 bridgehead atoms. The summed E-state index contributed by atoms with van der Waals surface area (Å²) in [5, 5.41) is 4.04. The van der Waals surface area contributed by atoms with Crippen LogP contribution in [0.2, 0.25) is 0 Å². The highest BCUT2D eigenvalue weighted by atomic mass is 16.5. The Morgan fingerprint density at radius 1 is 1.40 bits per heavy atom. The number of benzene rings is 1. The lowest BCUT2D eigenvalue weighted by atomic mass is 9.75. The van der Waals surface area contributed by atoms with Crippen LogP contribution < -0.4 is 10.5 Å². The first kappa shape index (κ1) is 13.1. The summed E-state index contributed by atoms with van der Waals surface area (Å²) in [6, 6.07) is 5.84. The van der Waals surface area contributed by atoms with Crippen LogP contribution in [0.4, 0.5) is 0 Å². The SMILES string of the molecule is COc1ccc(-c2noc(CC3(N)CCC3)n2)cc1C. The second-order valence-electron chi connectivity index (χ2n) is 5.59. The lowest BCUT2D eigenvalue weighted by Gasteiger charge is -2.36. The van der Waals surface area contributed by atoms with E-state index in [2.05, 4.69) is 10.1 Å². The van der Waals surface area contributed by atoms with Crippen molar-refractivity contribution in [2.75, 3.05) is 7.11 Å². The van der Waals surface area contributed by atoms with Gasteiger partial charge >= 0.3 is 0 Å². The predicted molar refractivity (Wildman–Crippen MR) is 75.5 cm³/mol. The zero-order chi connectivity index (χ0) is 14.2. The quantitative estimate of drug-likeness (QED) is 0.926. The van der Waals surface area contributed by atoms with Gasteiger partial charge in [-0.15, -0.1) is 0 Å². The van der Waals surface area contributed by atoms with Gasteiger partial charge in [-0.3, -0.25) is 0 Å². The molecule has 1 aromatic heterocycles.